The number of hydrogen-bond acceptors (Lipinski definition) is 6. The first-order chi connectivity index (χ1) is 13.0. The van der Waals surface area contributed by atoms with E-state index in [1.807, 2.05) is 6.07 Å². The maximum Gasteiger partial charge on any atom is 0.407 e. The van der Waals surface area contributed by atoms with Gasteiger partial charge in [-0.25, -0.2) is 14.2 Å². The molecule has 0 radical (unpaired) electrons. The van der Waals surface area contributed by atoms with Crippen molar-refractivity contribution >= 4 is 6.09 Å². The molecule has 2 aromatic rings. The van der Waals surface area contributed by atoms with E-state index in [9.17, 15) is 9.18 Å². The van der Waals surface area contributed by atoms with E-state index in [-0.39, 0.29) is 18.1 Å². The van der Waals surface area contributed by atoms with Crippen LogP contribution in [0.4, 0.5) is 9.18 Å². The number of halogens is 1. The van der Waals surface area contributed by atoms with Crippen LogP contribution in [0.25, 0.3) is 0 Å². The van der Waals surface area contributed by atoms with Crippen LogP contribution in [0.1, 0.15) is 16.8 Å². The molecule has 1 aliphatic rings. The van der Waals surface area contributed by atoms with Crippen molar-refractivity contribution in [3.8, 4) is 11.9 Å². The summed E-state index contributed by atoms with van der Waals surface area (Å²) in [5.74, 6) is -0.227. The lowest BCUT2D eigenvalue weighted by Gasteiger charge is -2.32. The summed E-state index contributed by atoms with van der Waals surface area (Å²) in [5.41, 5.74) is 1.27. The summed E-state index contributed by atoms with van der Waals surface area (Å²) in [5, 5.41) is 17.7. The average molecular weight is 371 g/mol. The van der Waals surface area contributed by atoms with Gasteiger partial charge in [0.15, 0.2) is 0 Å². The molecule has 2 heterocycles. The third-order valence-corrected chi connectivity index (χ3v) is 4.25. The van der Waals surface area contributed by atoms with Gasteiger partial charge in [0.1, 0.15) is 12.4 Å². The highest BCUT2D eigenvalue weighted by molar-refractivity contribution is 5.65. The maximum atomic E-state index is 13.9. The van der Waals surface area contributed by atoms with Crippen LogP contribution in [0.15, 0.2) is 30.6 Å². The van der Waals surface area contributed by atoms with Crippen LogP contribution in [0, 0.1) is 17.1 Å². The smallest absolute Gasteiger partial charge is 0.407 e. The maximum absolute atomic E-state index is 13.9. The average Bonchev–Trinajstić information content (AvgIpc) is 2.67. The van der Waals surface area contributed by atoms with Gasteiger partial charge in [-0.1, -0.05) is 6.07 Å². The summed E-state index contributed by atoms with van der Waals surface area (Å²) >= 11 is 0. The minimum atomic E-state index is -0.903. The van der Waals surface area contributed by atoms with E-state index in [0.717, 1.165) is 6.07 Å². The van der Waals surface area contributed by atoms with E-state index in [1.54, 1.807) is 6.20 Å². The molecule has 0 saturated carbocycles. The second kappa shape index (κ2) is 8.42. The van der Waals surface area contributed by atoms with E-state index >= 15 is 0 Å². The summed E-state index contributed by atoms with van der Waals surface area (Å²) in [6.07, 6.45) is 2.17. The quantitative estimate of drug-likeness (QED) is 0.856. The molecule has 9 heteroatoms. The number of nitriles is 1. The van der Waals surface area contributed by atoms with E-state index in [2.05, 4.69) is 14.9 Å². The fourth-order valence-corrected chi connectivity index (χ4v) is 2.74. The van der Waals surface area contributed by atoms with Crippen molar-refractivity contribution in [2.24, 2.45) is 0 Å². The lowest BCUT2D eigenvalue weighted by molar-refractivity contribution is 0.102. The van der Waals surface area contributed by atoms with Gasteiger partial charge in [0.05, 0.1) is 23.5 Å². The molecule has 27 heavy (non-hydrogen) atoms. The molecule has 1 fully saturated rings. The first-order valence-corrected chi connectivity index (χ1v) is 8.37. The van der Waals surface area contributed by atoms with Crippen molar-refractivity contribution in [1.29, 1.82) is 5.26 Å². The van der Waals surface area contributed by atoms with Crippen LogP contribution in [0.5, 0.6) is 5.88 Å². The monoisotopic (exact) mass is 371 g/mol. The SMILES string of the molecule is N#Cc1ccc(COc2cncc(CN3CCN(C(=O)O)CC3)n2)c(F)c1. The summed E-state index contributed by atoms with van der Waals surface area (Å²) < 4.78 is 19.4. The number of carbonyl (C=O) groups is 1. The van der Waals surface area contributed by atoms with Gasteiger partial charge < -0.3 is 14.7 Å². The molecular weight excluding hydrogens is 353 g/mol. The molecule has 1 amide bonds. The number of carboxylic acid groups (broad SMARTS) is 1. The highest BCUT2D eigenvalue weighted by Crippen LogP contribution is 2.14. The number of piperazine rings is 1. The molecular formula is C18H18FN5O3. The Morgan fingerprint density at radius 2 is 2.07 bits per heavy atom. The summed E-state index contributed by atoms with van der Waals surface area (Å²) in [6.45, 7) is 2.66. The zero-order valence-corrected chi connectivity index (χ0v) is 14.5. The van der Waals surface area contributed by atoms with Crippen molar-refractivity contribution < 1.29 is 19.0 Å². The molecule has 1 aliphatic heterocycles. The molecule has 8 nitrogen and oxygen atoms in total. The molecule has 0 atom stereocenters. The molecule has 1 saturated heterocycles. The normalized spacial score (nSPS) is 14.6. The van der Waals surface area contributed by atoms with E-state index in [4.69, 9.17) is 15.1 Å². The van der Waals surface area contributed by atoms with Gasteiger partial charge >= 0.3 is 6.09 Å². The predicted octanol–water partition coefficient (Wildman–Crippen LogP) is 1.86. The topological polar surface area (TPSA) is 103 Å². The van der Waals surface area contributed by atoms with Gasteiger partial charge in [0, 0.05) is 44.5 Å². The minimum absolute atomic E-state index is 0.0209. The molecule has 140 valence electrons. The van der Waals surface area contributed by atoms with Gasteiger partial charge in [0.2, 0.25) is 5.88 Å². The third kappa shape index (κ3) is 4.89. The van der Waals surface area contributed by atoms with Gasteiger partial charge in [-0.05, 0) is 12.1 Å². The highest BCUT2D eigenvalue weighted by Gasteiger charge is 2.20. The molecule has 3 rings (SSSR count). The number of nitrogens with zero attached hydrogens (tertiary/aromatic N) is 5. The second-order valence-corrected chi connectivity index (χ2v) is 6.10. The lowest BCUT2D eigenvalue weighted by Crippen LogP contribution is -2.47. The van der Waals surface area contributed by atoms with Crippen LogP contribution in [-0.2, 0) is 13.2 Å². The Balaban J connectivity index is 1.56. The second-order valence-electron chi connectivity index (χ2n) is 6.10. The van der Waals surface area contributed by atoms with Crippen LogP contribution in [0.3, 0.4) is 0 Å². The molecule has 1 aromatic heterocycles. The van der Waals surface area contributed by atoms with E-state index in [1.165, 1.54) is 23.2 Å². The number of amides is 1. The summed E-state index contributed by atoms with van der Waals surface area (Å²) in [4.78, 5) is 22.9. The molecule has 1 aromatic carbocycles. The minimum Gasteiger partial charge on any atom is -0.472 e. The number of hydrogen-bond donors (Lipinski definition) is 1. The fourth-order valence-electron chi connectivity index (χ4n) is 2.74. The van der Waals surface area contributed by atoms with Crippen molar-refractivity contribution in [1.82, 2.24) is 19.8 Å². The largest absolute Gasteiger partial charge is 0.472 e. The summed E-state index contributed by atoms with van der Waals surface area (Å²) in [6, 6.07) is 6.08. The highest BCUT2D eigenvalue weighted by atomic mass is 19.1. The van der Waals surface area contributed by atoms with Crippen LogP contribution in [-0.4, -0.2) is 57.1 Å². The van der Waals surface area contributed by atoms with Crippen molar-refractivity contribution in [3.05, 3.63) is 53.2 Å². The van der Waals surface area contributed by atoms with Gasteiger partial charge in [-0.2, -0.15) is 5.26 Å². The Labute approximate surface area is 155 Å². The number of aromatic nitrogens is 2. The Morgan fingerprint density at radius 1 is 1.30 bits per heavy atom. The van der Waals surface area contributed by atoms with Crippen LogP contribution < -0.4 is 4.74 Å². The molecule has 1 N–H and O–H groups in total. The third-order valence-electron chi connectivity index (χ3n) is 4.25. The number of ether oxygens (including phenoxy) is 1. The van der Waals surface area contributed by atoms with Gasteiger partial charge in [-0.3, -0.25) is 9.88 Å². The first-order valence-electron chi connectivity index (χ1n) is 8.37. The van der Waals surface area contributed by atoms with E-state index in [0.29, 0.717) is 44.0 Å². The number of benzene rings is 1. The molecule has 0 spiro atoms. The molecule has 0 aliphatic carbocycles. The van der Waals surface area contributed by atoms with E-state index < -0.39 is 11.9 Å². The Bertz CT molecular complexity index is 862. The first kappa shape index (κ1) is 18.5. The van der Waals surface area contributed by atoms with Gasteiger partial charge in [-0.15, -0.1) is 0 Å². The predicted molar refractivity (Wildman–Crippen MR) is 92.4 cm³/mol. The zero-order chi connectivity index (χ0) is 19.2. The number of rotatable bonds is 5. The molecule has 0 bridgehead atoms. The zero-order valence-electron chi connectivity index (χ0n) is 14.5. The Hall–Kier alpha value is -3.25. The Kier molecular flexibility index (Phi) is 5.78. The van der Waals surface area contributed by atoms with Crippen LogP contribution >= 0.6 is 0 Å². The Morgan fingerprint density at radius 3 is 2.74 bits per heavy atom. The van der Waals surface area contributed by atoms with Crippen molar-refractivity contribution in [2.45, 2.75) is 13.2 Å². The fraction of sp³-hybridized carbons (Fsp3) is 0.333. The van der Waals surface area contributed by atoms with Crippen molar-refractivity contribution in [3.63, 3.8) is 0 Å². The van der Waals surface area contributed by atoms with Crippen molar-refractivity contribution in [2.75, 3.05) is 26.2 Å². The standard InChI is InChI=1S/C18H18FN5O3/c19-16-7-13(8-20)1-2-14(16)12-27-17-10-21-9-15(22-17)11-23-3-5-24(6-4-23)18(25)26/h1-2,7,9-10H,3-6,11-12H2,(H,25,26). The lowest BCUT2D eigenvalue weighted by atomic mass is 10.1. The molecule has 0 unspecified atom stereocenters. The summed E-state index contributed by atoms with van der Waals surface area (Å²) in [7, 11) is 0. The van der Waals surface area contributed by atoms with Crippen LogP contribution in [0.2, 0.25) is 0 Å². The van der Waals surface area contributed by atoms with Gasteiger partial charge in [0.25, 0.3) is 0 Å².